The van der Waals surface area contributed by atoms with Gasteiger partial charge in [-0.15, -0.1) is 12.4 Å². The number of methoxy groups -OCH3 is 1. The first kappa shape index (κ1) is 18.1. The average Bonchev–Trinajstić information content (AvgIpc) is 2.82. The van der Waals surface area contributed by atoms with Crippen molar-refractivity contribution in [2.45, 2.75) is 38.6 Å². The predicted octanol–water partition coefficient (Wildman–Crippen LogP) is 2.82. The number of ether oxygens (including phenoxy) is 1. The molecular formula is C18H27ClN2O2. The van der Waals surface area contributed by atoms with Crippen molar-refractivity contribution in [3.8, 4) is 5.75 Å². The summed E-state index contributed by atoms with van der Waals surface area (Å²) in [6.07, 6.45) is 1.87. The van der Waals surface area contributed by atoms with Gasteiger partial charge in [-0.05, 0) is 57.5 Å². The summed E-state index contributed by atoms with van der Waals surface area (Å²) >= 11 is 0. The summed E-state index contributed by atoms with van der Waals surface area (Å²) in [6, 6.07) is 8.54. The van der Waals surface area contributed by atoms with Gasteiger partial charge in [0.1, 0.15) is 5.75 Å². The number of amides is 1. The number of nitrogens with one attached hydrogen (secondary N) is 1. The van der Waals surface area contributed by atoms with E-state index >= 15 is 0 Å². The summed E-state index contributed by atoms with van der Waals surface area (Å²) in [6.45, 7) is 6.93. The molecule has 1 amide bonds. The standard InChI is InChI=1S/C18H26N2O2.ClH/c1-13(2)20-12-16(14-4-6-15(22-3)7-5-14)18(17(20)21)8-10-19-11-9-18;/h4-7,13,16,19H,8-12H2,1-3H3;1H. The summed E-state index contributed by atoms with van der Waals surface area (Å²) < 4.78 is 5.26. The molecule has 5 heteroatoms. The van der Waals surface area contributed by atoms with Gasteiger partial charge in [0.15, 0.2) is 0 Å². The first-order valence-corrected chi connectivity index (χ1v) is 8.24. The van der Waals surface area contributed by atoms with Gasteiger partial charge in [0.2, 0.25) is 5.91 Å². The topological polar surface area (TPSA) is 41.6 Å². The van der Waals surface area contributed by atoms with Crippen molar-refractivity contribution < 1.29 is 9.53 Å². The third kappa shape index (κ3) is 3.07. The molecule has 1 N–H and O–H groups in total. The van der Waals surface area contributed by atoms with Gasteiger partial charge in [0.25, 0.3) is 0 Å². The molecule has 2 heterocycles. The van der Waals surface area contributed by atoms with E-state index in [1.807, 2.05) is 12.1 Å². The van der Waals surface area contributed by atoms with Gasteiger partial charge < -0.3 is 15.0 Å². The second-order valence-corrected chi connectivity index (χ2v) is 6.78. The number of rotatable bonds is 3. The van der Waals surface area contributed by atoms with Crippen LogP contribution in [0.25, 0.3) is 0 Å². The smallest absolute Gasteiger partial charge is 0.229 e. The zero-order valence-electron chi connectivity index (χ0n) is 14.2. The van der Waals surface area contributed by atoms with E-state index in [2.05, 4.69) is 36.2 Å². The molecule has 3 rings (SSSR count). The van der Waals surface area contributed by atoms with E-state index in [1.54, 1.807) is 7.11 Å². The van der Waals surface area contributed by atoms with Crippen LogP contribution in [0.3, 0.4) is 0 Å². The molecule has 1 spiro atoms. The minimum atomic E-state index is -0.218. The Labute approximate surface area is 145 Å². The normalized spacial score (nSPS) is 23.2. The van der Waals surface area contributed by atoms with Gasteiger partial charge >= 0.3 is 0 Å². The number of carbonyl (C=O) groups is 1. The van der Waals surface area contributed by atoms with Crippen LogP contribution >= 0.6 is 12.4 Å². The van der Waals surface area contributed by atoms with E-state index in [-0.39, 0.29) is 29.8 Å². The average molecular weight is 339 g/mol. The number of nitrogens with zero attached hydrogens (tertiary/aromatic N) is 1. The fourth-order valence-corrected chi connectivity index (χ4v) is 4.03. The van der Waals surface area contributed by atoms with Crippen LogP contribution in [0.2, 0.25) is 0 Å². The van der Waals surface area contributed by atoms with Crippen molar-refractivity contribution in [3.05, 3.63) is 29.8 Å². The molecule has 23 heavy (non-hydrogen) atoms. The van der Waals surface area contributed by atoms with Crippen LogP contribution in [0.5, 0.6) is 5.75 Å². The minimum absolute atomic E-state index is 0. The molecule has 1 aromatic rings. The molecule has 2 saturated heterocycles. The lowest BCUT2D eigenvalue weighted by Gasteiger charge is -2.37. The summed E-state index contributed by atoms with van der Waals surface area (Å²) in [5.41, 5.74) is 1.05. The molecule has 1 aromatic carbocycles. The van der Waals surface area contributed by atoms with Crippen LogP contribution in [0, 0.1) is 5.41 Å². The van der Waals surface area contributed by atoms with Gasteiger partial charge in [-0.25, -0.2) is 0 Å². The SMILES string of the molecule is COc1ccc(C2CN(C(C)C)C(=O)C23CCNCC3)cc1.Cl. The highest BCUT2D eigenvalue weighted by Gasteiger charge is 2.54. The monoisotopic (exact) mass is 338 g/mol. The van der Waals surface area contributed by atoms with Gasteiger partial charge in [-0.2, -0.15) is 0 Å². The third-order valence-electron chi connectivity index (χ3n) is 5.37. The van der Waals surface area contributed by atoms with Crippen molar-refractivity contribution in [2.24, 2.45) is 5.41 Å². The highest BCUT2D eigenvalue weighted by molar-refractivity contribution is 5.87. The zero-order chi connectivity index (χ0) is 15.7. The molecule has 0 aromatic heterocycles. The Morgan fingerprint density at radius 1 is 1.22 bits per heavy atom. The van der Waals surface area contributed by atoms with Crippen molar-refractivity contribution in [1.29, 1.82) is 0 Å². The van der Waals surface area contributed by atoms with E-state index in [0.29, 0.717) is 5.91 Å². The lowest BCUT2D eigenvalue weighted by Crippen LogP contribution is -2.45. The zero-order valence-corrected chi connectivity index (χ0v) is 15.0. The lowest BCUT2D eigenvalue weighted by molar-refractivity contribution is -0.139. The number of halogens is 1. The maximum atomic E-state index is 13.1. The van der Waals surface area contributed by atoms with Gasteiger partial charge in [0, 0.05) is 18.5 Å². The predicted molar refractivity (Wildman–Crippen MR) is 94.4 cm³/mol. The number of benzene rings is 1. The molecule has 2 fully saturated rings. The Hall–Kier alpha value is -1.26. The molecule has 0 radical (unpaired) electrons. The van der Waals surface area contributed by atoms with E-state index in [9.17, 15) is 4.79 Å². The molecule has 128 valence electrons. The van der Waals surface area contributed by atoms with E-state index in [1.165, 1.54) is 5.56 Å². The highest BCUT2D eigenvalue weighted by Crippen LogP contribution is 2.50. The first-order chi connectivity index (χ1) is 10.6. The summed E-state index contributed by atoms with van der Waals surface area (Å²) in [5.74, 6) is 1.51. The van der Waals surface area contributed by atoms with Crippen LogP contribution in [0.1, 0.15) is 38.2 Å². The van der Waals surface area contributed by atoms with E-state index in [4.69, 9.17) is 4.74 Å². The summed E-state index contributed by atoms with van der Waals surface area (Å²) in [7, 11) is 1.68. The van der Waals surface area contributed by atoms with Crippen molar-refractivity contribution in [3.63, 3.8) is 0 Å². The Balaban J connectivity index is 0.00000192. The Kier molecular flexibility index (Phi) is 5.58. The van der Waals surface area contributed by atoms with E-state index < -0.39 is 0 Å². The van der Waals surface area contributed by atoms with E-state index in [0.717, 1.165) is 38.2 Å². The first-order valence-electron chi connectivity index (χ1n) is 8.24. The largest absolute Gasteiger partial charge is 0.497 e. The number of hydrogen-bond acceptors (Lipinski definition) is 3. The van der Waals surface area contributed by atoms with Gasteiger partial charge in [0.05, 0.1) is 12.5 Å². The molecule has 0 aliphatic carbocycles. The van der Waals surface area contributed by atoms with Crippen molar-refractivity contribution in [1.82, 2.24) is 10.2 Å². The second kappa shape index (κ2) is 7.10. The molecule has 4 nitrogen and oxygen atoms in total. The maximum absolute atomic E-state index is 13.1. The van der Waals surface area contributed by atoms with Crippen LogP contribution < -0.4 is 10.1 Å². The van der Waals surface area contributed by atoms with Crippen LogP contribution in [0.15, 0.2) is 24.3 Å². The van der Waals surface area contributed by atoms with Crippen molar-refractivity contribution in [2.75, 3.05) is 26.7 Å². The van der Waals surface area contributed by atoms with Crippen molar-refractivity contribution >= 4 is 18.3 Å². The van der Waals surface area contributed by atoms with Crippen LogP contribution in [0.4, 0.5) is 0 Å². The number of piperidine rings is 1. The Morgan fingerprint density at radius 3 is 2.35 bits per heavy atom. The molecule has 2 aliphatic heterocycles. The van der Waals surface area contributed by atoms with Crippen LogP contribution in [-0.2, 0) is 4.79 Å². The fraction of sp³-hybridized carbons (Fsp3) is 0.611. The number of carbonyl (C=O) groups excluding carboxylic acids is 1. The highest BCUT2D eigenvalue weighted by atomic mass is 35.5. The third-order valence-corrected chi connectivity index (χ3v) is 5.37. The number of hydrogen-bond donors (Lipinski definition) is 1. The molecule has 2 aliphatic rings. The van der Waals surface area contributed by atoms with Crippen LogP contribution in [-0.4, -0.2) is 43.6 Å². The number of likely N-dealkylation sites (tertiary alicyclic amines) is 1. The Morgan fingerprint density at radius 2 is 1.83 bits per heavy atom. The molecule has 1 atom stereocenters. The molecule has 0 bridgehead atoms. The van der Waals surface area contributed by atoms with Gasteiger partial charge in [-0.1, -0.05) is 12.1 Å². The maximum Gasteiger partial charge on any atom is 0.229 e. The quantitative estimate of drug-likeness (QED) is 0.921. The summed E-state index contributed by atoms with van der Waals surface area (Å²) in [4.78, 5) is 15.2. The Bertz CT molecular complexity index is 538. The minimum Gasteiger partial charge on any atom is -0.497 e. The molecular weight excluding hydrogens is 312 g/mol. The molecule has 1 unspecified atom stereocenters. The summed E-state index contributed by atoms with van der Waals surface area (Å²) in [5, 5.41) is 3.40. The fourth-order valence-electron chi connectivity index (χ4n) is 4.03. The van der Waals surface area contributed by atoms with Gasteiger partial charge in [-0.3, -0.25) is 4.79 Å². The molecule has 0 saturated carbocycles. The second-order valence-electron chi connectivity index (χ2n) is 6.78. The lowest BCUT2D eigenvalue weighted by atomic mass is 9.68.